The van der Waals surface area contributed by atoms with Crippen molar-refractivity contribution in [3.8, 4) is 0 Å². The van der Waals surface area contributed by atoms with Gasteiger partial charge in [0.25, 0.3) is 5.91 Å². The topological polar surface area (TPSA) is 114 Å². The minimum atomic E-state index is -4.05. The Hall–Kier alpha value is -3.10. The number of sulfonamides is 1. The molecule has 12 heteroatoms. The third-order valence-corrected chi connectivity index (χ3v) is 9.19. The number of hydroxylamine groups is 1. The van der Waals surface area contributed by atoms with E-state index in [1.54, 1.807) is 49.1 Å². The van der Waals surface area contributed by atoms with Gasteiger partial charge in [-0.15, -0.1) is 0 Å². The number of nitrogens with one attached hydrogen (secondary N) is 2. The van der Waals surface area contributed by atoms with Crippen molar-refractivity contribution in [2.24, 2.45) is 5.92 Å². The largest absolute Gasteiger partial charge is 0.354 e. The van der Waals surface area contributed by atoms with Crippen LogP contribution < -0.4 is 10.8 Å². The normalized spacial score (nSPS) is 13.2. The monoisotopic (exact) mass is 703 g/mol. The molecule has 0 bridgehead atoms. The number of hydrogen-bond donors (Lipinski definition) is 2. The van der Waals surface area contributed by atoms with Gasteiger partial charge in [-0.1, -0.05) is 23.7 Å². The lowest BCUT2D eigenvalue weighted by Gasteiger charge is -2.23. The molecule has 1 aliphatic rings. The Morgan fingerprint density at radius 3 is 2.24 bits per heavy atom. The van der Waals surface area contributed by atoms with E-state index in [-0.39, 0.29) is 29.2 Å². The average Bonchev–Trinajstić information content (AvgIpc) is 3.80. The van der Waals surface area contributed by atoms with E-state index in [1.807, 2.05) is 18.2 Å². The number of aromatic nitrogens is 2. The molecule has 2 heterocycles. The van der Waals surface area contributed by atoms with Crippen molar-refractivity contribution >= 4 is 61.5 Å². The molecule has 2 aromatic carbocycles. The fourth-order valence-corrected chi connectivity index (χ4v) is 6.40. The van der Waals surface area contributed by atoms with E-state index >= 15 is 0 Å². The van der Waals surface area contributed by atoms with E-state index in [0.29, 0.717) is 23.2 Å². The molecule has 0 radical (unpaired) electrons. The Kier molecular flexibility index (Phi) is 9.50. The van der Waals surface area contributed by atoms with Crippen LogP contribution >= 0.6 is 34.2 Å². The first-order chi connectivity index (χ1) is 19.8. The number of nitrogens with zero attached hydrogens (tertiary/aromatic N) is 3. The minimum absolute atomic E-state index is 0.00450. The van der Waals surface area contributed by atoms with E-state index in [4.69, 9.17) is 16.4 Å². The van der Waals surface area contributed by atoms with Gasteiger partial charge in [0.15, 0.2) is 0 Å². The molecule has 1 fully saturated rings. The van der Waals surface area contributed by atoms with E-state index in [2.05, 4.69) is 43.4 Å². The molecule has 2 aromatic heterocycles. The lowest BCUT2D eigenvalue weighted by Crippen LogP contribution is -2.31. The van der Waals surface area contributed by atoms with Crippen LogP contribution in [0.1, 0.15) is 34.3 Å². The standard InChI is InChI=1S/C29H27ClIN5O4S/c30-26-13-23(31)7-10-27(26)34-28-14-24(8-9-25(28)29(37)35-40-19-20-5-6-20)41(38,39)36(17-21-3-1-11-32-15-21)18-22-4-2-12-33-16-22/h1-4,7-16,20,34H,5-6,17-19H2,(H,35,37). The molecule has 0 aliphatic heterocycles. The van der Waals surface area contributed by atoms with Crippen LogP contribution in [0.25, 0.3) is 0 Å². The Morgan fingerprint density at radius 2 is 1.66 bits per heavy atom. The lowest BCUT2D eigenvalue weighted by atomic mass is 10.1. The smallest absolute Gasteiger partial charge is 0.276 e. The highest BCUT2D eigenvalue weighted by Crippen LogP contribution is 2.32. The molecule has 1 aliphatic carbocycles. The Morgan fingerprint density at radius 1 is 0.976 bits per heavy atom. The highest BCUT2D eigenvalue weighted by molar-refractivity contribution is 14.1. The van der Waals surface area contributed by atoms with Crippen LogP contribution in [0.15, 0.2) is 90.3 Å². The van der Waals surface area contributed by atoms with E-state index in [9.17, 15) is 13.2 Å². The number of carbonyl (C=O) groups is 1. The molecule has 1 saturated carbocycles. The molecule has 41 heavy (non-hydrogen) atoms. The van der Waals surface area contributed by atoms with Gasteiger partial charge >= 0.3 is 0 Å². The fourth-order valence-electron chi connectivity index (χ4n) is 4.05. The number of carbonyl (C=O) groups excluding carboxylic acids is 1. The van der Waals surface area contributed by atoms with E-state index in [0.717, 1.165) is 27.5 Å². The van der Waals surface area contributed by atoms with Crippen molar-refractivity contribution in [2.45, 2.75) is 30.8 Å². The molecule has 9 nitrogen and oxygen atoms in total. The number of halogens is 2. The van der Waals surface area contributed by atoms with Crippen molar-refractivity contribution in [3.05, 3.63) is 111 Å². The summed E-state index contributed by atoms with van der Waals surface area (Å²) in [6.45, 7) is 0.615. The van der Waals surface area contributed by atoms with Gasteiger partial charge in [0, 0.05) is 41.4 Å². The number of benzene rings is 2. The van der Waals surface area contributed by atoms with Crippen molar-refractivity contribution in [1.82, 2.24) is 19.8 Å². The van der Waals surface area contributed by atoms with Crippen LogP contribution in [0, 0.1) is 9.49 Å². The Bertz CT molecular complexity index is 1580. The van der Waals surface area contributed by atoms with E-state index < -0.39 is 15.9 Å². The first kappa shape index (κ1) is 29.4. The quantitative estimate of drug-likeness (QED) is 0.139. The third-order valence-electron chi connectivity index (χ3n) is 6.42. The third kappa shape index (κ3) is 7.80. The summed E-state index contributed by atoms with van der Waals surface area (Å²) in [5, 5.41) is 3.58. The van der Waals surface area contributed by atoms with Gasteiger partial charge in [0.1, 0.15) is 0 Å². The van der Waals surface area contributed by atoms with Gasteiger partial charge in [0.05, 0.1) is 33.5 Å². The summed E-state index contributed by atoms with van der Waals surface area (Å²) in [7, 11) is -4.05. The van der Waals surface area contributed by atoms with Crippen LogP contribution in [0.5, 0.6) is 0 Å². The van der Waals surface area contributed by atoms with Gasteiger partial charge < -0.3 is 5.32 Å². The lowest BCUT2D eigenvalue weighted by molar-refractivity contribution is 0.0271. The van der Waals surface area contributed by atoms with Crippen LogP contribution in [0.4, 0.5) is 11.4 Å². The summed E-state index contributed by atoms with van der Waals surface area (Å²) in [5.74, 6) is -0.0436. The van der Waals surface area contributed by atoms with Crippen LogP contribution in [0.3, 0.4) is 0 Å². The predicted octanol–water partition coefficient (Wildman–Crippen LogP) is 5.94. The highest BCUT2D eigenvalue weighted by atomic mass is 127. The van der Waals surface area contributed by atoms with Crippen molar-refractivity contribution in [1.29, 1.82) is 0 Å². The van der Waals surface area contributed by atoms with Crippen LogP contribution in [-0.2, 0) is 28.0 Å². The zero-order chi connectivity index (χ0) is 28.8. The van der Waals surface area contributed by atoms with Gasteiger partial charge in [-0.3, -0.25) is 19.6 Å². The van der Waals surface area contributed by atoms with Crippen molar-refractivity contribution in [2.75, 3.05) is 11.9 Å². The molecule has 2 N–H and O–H groups in total. The minimum Gasteiger partial charge on any atom is -0.354 e. The molecule has 0 saturated heterocycles. The van der Waals surface area contributed by atoms with E-state index in [1.165, 1.54) is 22.5 Å². The highest BCUT2D eigenvalue weighted by Gasteiger charge is 2.28. The molecule has 0 unspecified atom stereocenters. The molecular weight excluding hydrogens is 677 g/mol. The molecule has 5 rings (SSSR count). The zero-order valence-corrected chi connectivity index (χ0v) is 25.6. The van der Waals surface area contributed by atoms with Crippen LogP contribution in [-0.4, -0.2) is 35.2 Å². The number of pyridine rings is 2. The average molecular weight is 704 g/mol. The zero-order valence-electron chi connectivity index (χ0n) is 21.8. The second-order valence-electron chi connectivity index (χ2n) is 9.64. The maximum atomic E-state index is 14.1. The first-order valence-electron chi connectivity index (χ1n) is 12.9. The predicted molar refractivity (Wildman–Crippen MR) is 165 cm³/mol. The summed E-state index contributed by atoms with van der Waals surface area (Å²) >= 11 is 8.62. The SMILES string of the molecule is O=C(NOCC1CC1)c1ccc(S(=O)(=O)N(Cc2cccnc2)Cc2cccnc2)cc1Nc1ccc(I)cc1Cl. The van der Waals surface area contributed by atoms with Crippen molar-refractivity contribution in [3.63, 3.8) is 0 Å². The Balaban J connectivity index is 1.50. The van der Waals surface area contributed by atoms with Crippen LogP contribution in [0.2, 0.25) is 5.02 Å². The summed E-state index contributed by atoms with van der Waals surface area (Å²) in [4.78, 5) is 26.8. The van der Waals surface area contributed by atoms with Gasteiger partial charge in [0.2, 0.25) is 10.0 Å². The molecule has 0 atom stereocenters. The number of rotatable bonds is 12. The molecule has 0 spiro atoms. The Labute approximate surface area is 257 Å². The van der Waals surface area contributed by atoms with Gasteiger partial charge in [-0.2, -0.15) is 4.31 Å². The molecule has 212 valence electrons. The second-order valence-corrected chi connectivity index (χ2v) is 13.2. The summed E-state index contributed by atoms with van der Waals surface area (Å²) < 4.78 is 30.5. The number of hydrogen-bond acceptors (Lipinski definition) is 7. The number of amides is 1. The first-order valence-corrected chi connectivity index (χ1v) is 15.8. The van der Waals surface area contributed by atoms with Gasteiger partial charge in [-0.25, -0.2) is 13.9 Å². The van der Waals surface area contributed by atoms with Crippen molar-refractivity contribution < 1.29 is 18.0 Å². The summed E-state index contributed by atoms with van der Waals surface area (Å²) in [5.41, 5.74) is 4.94. The molecule has 1 amide bonds. The fraction of sp³-hybridized carbons (Fsp3) is 0.207. The number of anilines is 2. The maximum absolute atomic E-state index is 14.1. The maximum Gasteiger partial charge on any atom is 0.276 e. The summed E-state index contributed by atoms with van der Waals surface area (Å²) in [6.07, 6.45) is 8.69. The van der Waals surface area contributed by atoms with Gasteiger partial charge in [-0.05, 0) is 101 Å². The molecule has 4 aromatic rings. The second kappa shape index (κ2) is 13.3. The molecular formula is C29H27ClIN5O4S. The summed E-state index contributed by atoms with van der Waals surface area (Å²) in [6, 6.07) is 16.9.